The van der Waals surface area contributed by atoms with Crippen LogP contribution in [0.2, 0.25) is 0 Å². The molecule has 1 aliphatic rings. The first kappa shape index (κ1) is 20.6. The van der Waals surface area contributed by atoms with E-state index in [1.807, 2.05) is 13.8 Å². The summed E-state index contributed by atoms with van der Waals surface area (Å²) >= 11 is 0. The number of likely N-dealkylation sites (tertiary alicyclic amines) is 1. The molecule has 1 aliphatic heterocycles. The number of carbonyl (C=O) groups is 2. The monoisotopic (exact) mass is 401 g/mol. The molecule has 0 saturated carbocycles. The molecule has 3 rings (SSSR count). The Hall–Kier alpha value is -3.10. The van der Waals surface area contributed by atoms with Crippen molar-refractivity contribution in [3.05, 3.63) is 35.4 Å². The van der Waals surface area contributed by atoms with Gasteiger partial charge in [-0.1, -0.05) is 0 Å². The van der Waals surface area contributed by atoms with Crippen molar-refractivity contribution in [2.75, 3.05) is 27.3 Å². The number of piperidine rings is 1. The molecular formula is C20H27N5O4. The first-order chi connectivity index (χ1) is 13.9. The van der Waals surface area contributed by atoms with Crippen LogP contribution >= 0.6 is 0 Å². The van der Waals surface area contributed by atoms with E-state index in [1.54, 1.807) is 30.2 Å². The minimum Gasteiger partial charge on any atom is -0.493 e. The smallest absolute Gasteiger partial charge is 0.253 e. The summed E-state index contributed by atoms with van der Waals surface area (Å²) in [5.41, 5.74) is 0.541. The van der Waals surface area contributed by atoms with E-state index in [9.17, 15) is 9.59 Å². The van der Waals surface area contributed by atoms with Gasteiger partial charge >= 0.3 is 0 Å². The molecule has 0 aliphatic carbocycles. The van der Waals surface area contributed by atoms with Crippen LogP contribution in [0.3, 0.4) is 0 Å². The van der Waals surface area contributed by atoms with Crippen molar-refractivity contribution in [2.45, 2.75) is 32.7 Å². The standard InChI is InChI=1S/C20H27N5O4/c1-12(18-22-13(2)23-24-18)21-19(26)14-7-9-25(10-8-14)20(27)15-5-6-16(28-3)17(11-15)29-4/h5-6,11-12,14H,7-10H2,1-4H3,(H,21,26)(H,22,23,24)/t12-/m0/s1. The predicted molar refractivity (Wildman–Crippen MR) is 106 cm³/mol. The van der Waals surface area contributed by atoms with Crippen molar-refractivity contribution in [3.8, 4) is 11.5 Å². The lowest BCUT2D eigenvalue weighted by molar-refractivity contribution is -0.127. The molecule has 9 heteroatoms. The van der Waals surface area contributed by atoms with Crippen LogP contribution in [0.5, 0.6) is 11.5 Å². The number of aromatic amines is 1. The van der Waals surface area contributed by atoms with E-state index in [0.29, 0.717) is 54.6 Å². The fourth-order valence-corrected chi connectivity index (χ4v) is 3.45. The van der Waals surface area contributed by atoms with E-state index in [-0.39, 0.29) is 23.8 Å². The van der Waals surface area contributed by atoms with E-state index in [0.717, 1.165) is 0 Å². The maximum Gasteiger partial charge on any atom is 0.253 e. The molecule has 0 radical (unpaired) electrons. The number of hydrogen-bond donors (Lipinski definition) is 2. The highest BCUT2D eigenvalue weighted by atomic mass is 16.5. The summed E-state index contributed by atoms with van der Waals surface area (Å²) in [6.45, 7) is 4.73. The van der Waals surface area contributed by atoms with Crippen LogP contribution in [0.25, 0.3) is 0 Å². The van der Waals surface area contributed by atoms with Crippen LogP contribution in [0.4, 0.5) is 0 Å². The second kappa shape index (κ2) is 8.93. The van der Waals surface area contributed by atoms with Gasteiger partial charge in [0.15, 0.2) is 17.3 Å². The van der Waals surface area contributed by atoms with E-state index in [2.05, 4.69) is 20.5 Å². The number of amides is 2. The maximum absolute atomic E-state index is 12.8. The van der Waals surface area contributed by atoms with E-state index < -0.39 is 0 Å². The van der Waals surface area contributed by atoms with Crippen LogP contribution in [0.1, 0.15) is 47.8 Å². The number of methoxy groups -OCH3 is 2. The van der Waals surface area contributed by atoms with Crippen molar-refractivity contribution in [1.82, 2.24) is 25.4 Å². The van der Waals surface area contributed by atoms with Gasteiger partial charge in [0.1, 0.15) is 5.82 Å². The third-order valence-electron chi connectivity index (χ3n) is 5.14. The Balaban J connectivity index is 1.55. The zero-order valence-corrected chi connectivity index (χ0v) is 17.2. The molecule has 0 unspecified atom stereocenters. The first-order valence-corrected chi connectivity index (χ1v) is 9.63. The SMILES string of the molecule is COc1ccc(C(=O)N2CCC(C(=O)N[C@@H](C)c3n[nH]c(C)n3)CC2)cc1OC. The van der Waals surface area contributed by atoms with Crippen LogP contribution in [-0.2, 0) is 4.79 Å². The number of aromatic nitrogens is 3. The summed E-state index contributed by atoms with van der Waals surface area (Å²) in [7, 11) is 3.09. The lowest BCUT2D eigenvalue weighted by Gasteiger charge is -2.32. The van der Waals surface area contributed by atoms with Gasteiger partial charge < -0.3 is 19.7 Å². The number of nitrogens with zero attached hydrogens (tertiary/aromatic N) is 3. The summed E-state index contributed by atoms with van der Waals surface area (Å²) in [5.74, 6) is 2.14. The second-order valence-electron chi connectivity index (χ2n) is 7.15. The quantitative estimate of drug-likeness (QED) is 0.765. The third-order valence-corrected chi connectivity index (χ3v) is 5.14. The molecule has 2 aromatic rings. The minimum atomic E-state index is -0.265. The van der Waals surface area contributed by atoms with Crippen LogP contribution in [-0.4, -0.2) is 59.2 Å². The molecule has 2 heterocycles. The summed E-state index contributed by atoms with van der Waals surface area (Å²) in [6.07, 6.45) is 1.23. The molecule has 156 valence electrons. The van der Waals surface area contributed by atoms with Gasteiger partial charge in [-0.2, -0.15) is 5.10 Å². The highest BCUT2D eigenvalue weighted by Crippen LogP contribution is 2.29. The molecular weight excluding hydrogens is 374 g/mol. The van der Waals surface area contributed by atoms with Gasteiger partial charge in [-0.15, -0.1) is 0 Å². The molecule has 2 amide bonds. The Morgan fingerprint density at radius 2 is 1.90 bits per heavy atom. The van der Waals surface area contributed by atoms with Crippen LogP contribution in [0.15, 0.2) is 18.2 Å². The number of carbonyl (C=O) groups excluding carboxylic acids is 2. The van der Waals surface area contributed by atoms with E-state index in [4.69, 9.17) is 9.47 Å². The van der Waals surface area contributed by atoms with Crippen molar-refractivity contribution in [2.24, 2.45) is 5.92 Å². The van der Waals surface area contributed by atoms with Gasteiger partial charge in [-0.3, -0.25) is 14.7 Å². The largest absolute Gasteiger partial charge is 0.493 e. The van der Waals surface area contributed by atoms with Crippen LogP contribution < -0.4 is 14.8 Å². The Labute approximate surface area is 169 Å². The number of aryl methyl sites for hydroxylation is 1. The van der Waals surface area contributed by atoms with E-state index in [1.165, 1.54) is 7.11 Å². The summed E-state index contributed by atoms with van der Waals surface area (Å²) < 4.78 is 10.5. The first-order valence-electron chi connectivity index (χ1n) is 9.63. The highest BCUT2D eigenvalue weighted by molar-refractivity contribution is 5.95. The lowest BCUT2D eigenvalue weighted by atomic mass is 9.95. The highest BCUT2D eigenvalue weighted by Gasteiger charge is 2.29. The molecule has 1 saturated heterocycles. The molecule has 9 nitrogen and oxygen atoms in total. The van der Waals surface area contributed by atoms with Crippen molar-refractivity contribution in [1.29, 1.82) is 0 Å². The summed E-state index contributed by atoms with van der Waals surface area (Å²) in [5, 5.41) is 9.83. The average Bonchev–Trinajstić information content (AvgIpc) is 3.19. The van der Waals surface area contributed by atoms with Gasteiger partial charge in [0.25, 0.3) is 5.91 Å². The summed E-state index contributed by atoms with van der Waals surface area (Å²) in [4.78, 5) is 31.4. The zero-order valence-electron chi connectivity index (χ0n) is 17.2. The Bertz CT molecular complexity index is 874. The van der Waals surface area contributed by atoms with Crippen LogP contribution in [0, 0.1) is 12.8 Å². The fourth-order valence-electron chi connectivity index (χ4n) is 3.45. The molecule has 1 aromatic carbocycles. The van der Waals surface area contributed by atoms with Gasteiger partial charge in [0, 0.05) is 24.6 Å². The van der Waals surface area contributed by atoms with Gasteiger partial charge in [0.2, 0.25) is 5.91 Å². The lowest BCUT2D eigenvalue weighted by Crippen LogP contribution is -2.43. The van der Waals surface area contributed by atoms with Gasteiger partial charge in [-0.05, 0) is 44.9 Å². The number of benzene rings is 1. The van der Waals surface area contributed by atoms with Gasteiger partial charge in [-0.25, -0.2) is 4.98 Å². The second-order valence-corrected chi connectivity index (χ2v) is 7.15. The molecule has 1 fully saturated rings. The predicted octanol–water partition coefficient (Wildman–Crippen LogP) is 1.86. The average molecular weight is 401 g/mol. The molecule has 2 N–H and O–H groups in total. The topological polar surface area (TPSA) is 109 Å². The zero-order chi connectivity index (χ0) is 21.0. The number of ether oxygens (including phenoxy) is 2. The third kappa shape index (κ3) is 4.67. The molecule has 1 aromatic heterocycles. The summed E-state index contributed by atoms with van der Waals surface area (Å²) in [6, 6.07) is 4.86. The Morgan fingerprint density at radius 1 is 1.21 bits per heavy atom. The number of rotatable bonds is 6. The molecule has 1 atom stereocenters. The van der Waals surface area contributed by atoms with Gasteiger partial charge in [0.05, 0.1) is 20.3 Å². The fraction of sp³-hybridized carbons (Fsp3) is 0.500. The Kier molecular flexibility index (Phi) is 6.36. The molecule has 0 bridgehead atoms. The molecule has 0 spiro atoms. The van der Waals surface area contributed by atoms with Crippen molar-refractivity contribution < 1.29 is 19.1 Å². The number of nitrogens with one attached hydrogen (secondary N) is 2. The van der Waals surface area contributed by atoms with Crippen molar-refractivity contribution >= 4 is 11.8 Å². The number of H-pyrrole nitrogens is 1. The normalized spacial score (nSPS) is 15.7. The van der Waals surface area contributed by atoms with Crippen molar-refractivity contribution in [3.63, 3.8) is 0 Å². The van der Waals surface area contributed by atoms with E-state index >= 15 is 0 Å². The Morgan fingerprint density at radius 3 is 2.48 bits per heavy atom. The maximum atomic E-state index is 12.8. The number of hydrogen-bond acceptors (Lipinski definition) is 6. The molecule has 29 heavy (non-hydrogen) atoms. The minimum absolute atomic E-state index is 0.0295.